The number of allylic oxidation sites excluding steroid dienone is 4. The molecule has 0 radical (unpaired) electrons. The Balaban J connectivity index is 1.69. The number of Topliss-reactive ketones (excluding diaryl/α,β-unsaturated/α-hetero) is 1. The normalized spacial score (nSPS) is 39.5. The molecule has 0 amide bonds. The van der Waals surface area contributed by atoms with E-state index in [1.54, 1.807) is 5.57 Å². The first kappa shape index (κ1) is 15.4. The maximum Gasteiger partial charge on any atom is 0.156 e. The van der Waals surface area contributed by atoms with Gasteiger partial charge < -0.3 is 0 Å². The average Bonchev–Trinajstić information content (AvgIpc) is 2.90. The van der Waals surface area contributed by atoms with Gasteiger partial charge in [-0.3, -0.25) is 9.59 Å². The van der Waals surface area contributed by atoms with Gasteiger partial charge in [-0.15, -0.1) is 0 Å². The molecule has 0 aliphatic heterocycles. The van der Waals surface area contributed by atoms with Crippen LogP contribution in [0.5, 0.6) is 0 Å². The summed E-state index contributed by atoms with van der Waals surface area (Å²) in [6.07, 6.45) is 11.2. The van der Waals surface area contributed by atoms with Gasteiger partial charge >= 0.3 is 0 Å². The predicted octanol–water partition coefficient (Wildman–Crippen LogP) is 4.79. The largest absolute Gasteiger partial charge is 0.299 e. The zero-order valence-electron chi connectivity index (χ0n) is 14.5. The molecule has 0 bridgehead atoms. The van der Waals surface area contributed by atoms with Crippen LogP contribution in [0.2, 0.25) is 0 Å². The van der Waals surface area contributed by atoms with Crippen LogP contribution in [0.15, 0.2) is 22.8 Å². The Kier molecular flexibility index (Phi) is 3.62. The molecule has 4 atom stereocenters. The minimum Gasteiger partial charge on any atom is -0.299 e. The summed E-state index contributed by atoms with van der Waals surface area (Å²) < 4.78 is 0. The van der Waals surface area contributed by atoms with Crippen molar-refractivity contribution in [2.24, 2.45) is 23.2 Å². The summed E-state index contributed by atoms with van der Waals surface area (Å²) in [6, 6.07) is 0. The molecule has 0 spiro atoms. The van der Waals surface area contributed by atoms with Crippen LogP contribution in [-0.2, 0) is 9.59 Å². The zero-order valence-corrected chi connectivity index (χ0v) is 14.5. The van der Waals surface area contributed by atoms with E-state index in [-0.39, 0.29) is 5.41 Å². The van der Waals surface area contributed by atoms with Crippen molar-refractivity contribution in [1.82, 2.24) is 0 Å². The van der Waals surface area contributed by atoms with Gasteiger partial charge in [0.15, 0.2) is 5.78 Å². The second-order valence-corrected chi connectivity index (χ2v) is 8.35. The minimum atomic E-state index is 0.230. The Morgan fingerprint density at radius 1 is 1.17 bits per heavy atom. The highest BCUT2D eigenvalue weighted by Gasteiger charge is 2.55. The number of carbonyl (C=O) groups excluding carboxylic acids is 2. The molecule has 2 nitrogen and oxygen atoms in total. The number of carbonyl (C=O) groups is 2. The molecule has 0 N–H and O–H groups in total. The molecule has 0 aromatic rings. The summed E-state index contributed by atoms with van der Waals surface area (Å²) in [5.41, 5.74) is 4.78. The minimum absolute atomic E-state index is 0.230. The van der Waals surface area contributed by atoms with Crippen molar-refractivity contribution in [1.29, 1.82) is 0 Å². The van der Waals surface area contributed by atoms with Crippen LogP contribution in [0.1, 0.15) is 71.6 Å². The summed E-state index contributed by atoms with van der Waals surface area (Å²) in [5, 5.41) is 0. The molecule has 0 unspecified atom stereocenters. The maximum atomic E-state index is 12.4. The van der Waals surface area contributed by atoms with E-state index in [2.05, 4.69) is 6.92 Å². The Hall–Kier alpha value is -1.18. The fourth-order valence-corrected chi connectivity index (χ4v) is 6.31. The highest BCUT2D eigenvalue weighted by Crippen LogP contribution is 2.62. The third kappa shape index (κ3) is 2.21. The molecule has 0 heterocycles. The molecule has 4 aliphatic carbocycles. The van der Waals surface area contributed by atoms with Crippen LogP contribution in [0.4, 0.5) is 0 Å². The summed E-state index contributed by atoms with van der Waals surface area (Å²) >= 11 is 0. The van der Waals surface area contributed by atoms with Gasteiger partial charge in [-0.1, -0.05) is 19.4 Å². The van der Waals surface area contributed by atoms with Crippen molar-refractivity contribution in [3.8, 4) is 0 Å². The second-order valence-electron chi connectivity index (χ2n) is 8.35. The SMILES string of the molecule is CCC(=O)[C@H]1CC[C@H]2[C@@H]3CCC4=CC(=O)CCC4=C3CC[C@]12C. The fraction of sp³-hybridized carbons (Fsp3) is 0.714. The van der Waals surface area contributed by atoms with Gasteiger partial charge in [0.2, 0.25) is 0 Å². The van der Waals surface area contributed by atoms with E-state index in [0.717, 1.165) is 25.7 Å². The van der Waals surface area contributed by atoms with E-state index in [1.807, 2.05) is 13.0 Å². The van der Waals surface area contributed by atoms with Gasteiger partial charge in [0.1, 0.15) is 5.78 Å². The lowest BCUT2D eigenvalue weighted by Crippen LogP contribution is -2.42. The van der Waals surface area contributed by atoms with E-state index in [0.29, 0.717) is 42.2 Å². The predicted molar refractivity (Wildman–Crippen MR) is 90.9 cm³/mol. The first-order chi connectivity index (χ1) is 11.0. The molecule has 2 heteroatoms. The van der Waals surface area contributed by atoms with Crippen LogP contribution in [-0.4, -0.2) is 11.6 Å². The summed E-state index contributed by atoms with van der Waals surface area (Å²) in [7, 11) is 0. The Labute approximate surface area is 139 Å². The summed E-state index contributed by atoms with van der Waals surface area (Å²) in [4.78, 5) is 24.2. The molecule has 0 saturated heterocycles. The Morgan fingerprint density at radius 2 is 2.00 bits per heavy atom. The maximum absolute atomic E-state index is 12.4. The lowest BCUT2D eigenvalue weighted by atomic mass is 9.55. The number of fused-ring (bicyclic) bond motifs is 4. The lowest BCUT2D eigenvalue weighted by molar-refractivity contribution is -0.127. The molecule has 0 aromatic carbocycles. The number of hydrogen-bond acceptors (Lipinski definition) is 2. The van der Waals surface area contributed by atoms with Crippen LogP contribution in [0, 0.1) is 23.2 Å². The highest BCUT2D eigenvalue weighted by molar-refractivity contribution is 5.93. The van der Waals surface area contributed by atoms with E-state index >= 15 is 0 Å². The molecule has 2 saturated carbocycles. The number of rotatable bonds is 2. The van der Waals surface area contributed by atoms with Crippen LogP contribution < -0.4 is 0 Å². The van der Waals surface area contributed by atoms with Crippen LogP contribution in [0.3, 0.4) is 0 Å². The van der Waals surface area contributed by atoms with E-state index in [4.69, 9.17) is 0 Å². The summed E-state index contributed by atoms with van der Waals surface area (Å²) in [5.74, 6) is 2.49. The van der Waals surface area contributed by atoms with E-state index in [1.165, 1.54) is 30.4 Å². The zero-order chi connectivity index (χ0) is 16.2. The van der Waals surface area contributed by atoms with Gasteiger partial charge in [0.25, 0.3) is 0 Å². The topological polar surface area (TPSA) is 34.1 Å². The molecule has 0 aromatic heterocycles. The van der Waals surface area contributed by atoms with Gasteiger partial charge in [-0.25, -0.2) is 0 Å². The third-order valence-electron chi connectivity index (χ3n) is 7.47. The average molecular weight is 312 g/mol. The van der Waals surface area contributed by atoms with Gasteiger partial charge in [-0.05, 0) is 79.4 Å². The molecular weight excluding hydrogens is 284 g/mol. The number of ketones is 2. The molecule has 23 heavy (non-hydrogen) atoms. The van der Waals surface area contributed by atoms with Crippen molar-refractivity contribution < 1.29 is 9.59 Å². The van der Waals surface area contributed by atoms with Crippen molar-refractivity contribution in [2.75, 3.05) is 0 Å². The van der Waals surface area contributed by atoms with Gasteiger partial charge in [-0.2, -0.15) is 0 Å². The van der Waals surface area contributed by atoms with Crippen molar-refractivity contribution in [3.63, 3.8) is 0 Å². The van der Waals surface area contributed by atoms with Crippen LogP contribution in [0.25, 0.3) is 0 Å². The fourth-order valence-electron chi connectivity index (χ4n) is 6.31. The number of hydrogen-bond donors (Lipinski definition) is 0. The quantitative estimate of drug-likeness (QED) is 0.735. The first-order valence-electron chi connectivity index (χ1n) is 9.53. The molecule has 124 valence electrons. The molecular formula is C21H28O2. The molecule has 2 fully saturated rings. The monoisotopic (exact) mass is 312 g/mol. The van der Waals surface area contributed by atoms with E-state index < -0.39 is 0 Å². The smallest absolute Gasteiger partial charge is 0.156 e. The van der Waals surface area contributed by atoms with Gasteiger partial charge in [0, 0.05) is 18.8 Å². The van der Waals surface area contributed by atoms with E-state index in [9.17, 15) is 9.59 Å². The van der Waals surface area contributed by atoms with Gasteiger partial charge in [0.05, 0.1) is 0 Å². The molecule has 4 aliphatic rings. The standard InChI is InChI=1S/C21H28O2/c1-3-20(23)19-9-8-18-17-6-4-13-12-14(22)5-7-15(13)16(17)10-11-21(18,19)2/h12,17-19H,3-11H2,1-2H3/t17-,18+,19-,21+/m1/s1. The first-order valence-corrected chi connectivity index (χ1v) is 9.53. The van der Waals surface area contributed by atoms with Crippen molar-refractivity contribution >= 4 is 11.6 Å². The molecule has 4 rings (SSSR count). The van der Waals surface area contributed by atoms with Crippen molar-refractivity contribution in [3.05, 3.63) is 22.8 Å². The Morgan fingerprint density at radius 3 is 2.78 bits per heavy atom. The lowest BCUT2D eigenvalue weighted by Gasteiger charge is -2.49. The third-order valence-corrected chi connectivity index (χ3v) is 7.47. The van der Waals surface area contributed by atoms with Crippen LogP contribution >= 0.6 is 0 Å². The summed E-state index contributed by atoms with van der Waals surface area (Å²) in [6.45, 7) is 4.42. The Bertz CT molecular complexity index is 624. The second kappa shape index (κ2) is 5.43. The van der Waals surface area contributed by atoms with Crippen molar-refractivity contribution in [2.45, 2.75) is 71.6 Å². The highest BCUT2D eigenvalue weighted by atomic mass is 16.1.